The molecule has 0 amide bonds. The summed E-state index contributed by atoms with van der Waals surface area (Å²) in [6.45, 7) is 4.53. The second-order valence-electron chi connectivity index (χ2n) is 4.93. The van der Waals surface area contributed by atoms with E-state index in [1.807, 2.05) is 13.8 Å². The maximum atomic E-state index is 12.0. The van der Waals surface area contributed by atoms with Crippen LogP contribution in [0.2, 0.25) is 0 Å². The molecule has 18 heavy (non-hydrogen) atoms. The fourth-order valence-electron chi connectivity index (χ4n) is 1.93. The maximum Gasteiger partial charge on any atom is 0.297 e. The van der Waals surface area contributed by atoms with Gasteiger partial charge in [0, 0.05) is 6.61 Å². The maximum absolute atomic E-state index is 12.0. The standard InChI is InChI=1S/C13H18O4S/c1-11-4-6-12(7-5-11)18(14,15)17-10-13(2)8-3-9-16-13/h4-7H,3,8-10H2,1-2H3. The average Bonchev–Trinajstić information content (AvgIpc) is 2.75. The Hall–Kier alpha value is -0.910. The second-order valence-corrected chi connectivity index (χ2v) is 6.55. The quantitative estimate of drug-likeness (QED) is 0.788. The molecule has 0 saturated carbocycles. The normalized spacial score (nSPS) is 24.3. The van der Waals surface area contributed by atoms with Crippen molar-refractivity contribution in [2.24, 2.45) is 0 Å². The van der Waals surface area contributed by atoms with E-state index in [1.54, 1.807) is 24.3 Å². The predicted molar refractivity (Wildman–Crippen MR) is 67.9 cm³/mol. The van der Waals surface area contributed by atoms with E-state index in [0.717, 1.165) is 18.4 Å². The largest absolute Gasteiger partial charge is 0.373 e. The van der Waals surface area contributed by atoms with Gasteiger partial charge < -0.3 is 4.74 Å². The van der Waals surface area contributed by atoms with Gasteiger partial charge in [0.15, 0.2) is 0 Å². The Bertz CT molecular complexity index is 498. The molecule has 1 aromatic rings. The van der Waals surface area contributed by atoms with Gasteiger partial charge in [-0.1, -0.05) is 17.7 Å². The van der Waals surface area contributed by atoms with E-state index in [-0.39, 0.29) is 11.5 Å². The highest BCUT2D eigenvalue weighted by molar-refractivity contribution is 7.86. The van der Waals surface area contributed by atoms with Gasteiger partial charge >= 0.3 is 0 Å². The molecule has 4 nitrogen and oxygen atoms in total. The highest BCUT2D eigenvalue weighted by atomic mass is 32.2. The SMILES string of the molecule is Cc1ccc(S(=O)(=O)OCC2(C)CCCO2)cc1. The third-order valence-corrected chi connectivity index (χ3v) is 4.41. The van der Waals surface area contributed by atoms with Crippen molar-refractivity contribution in [1.29, 1.82) is 0 Å². The summed E-state index contributed by atoms with van der Waals surface area (Å²) >= 11 is 0. The molecule has 1 fully saturated rings. The zero-order chi connectivity index (χ0) is 13.2. The Kier molecular flexibility index (Phi) is 3.75. The second kappa shape index (κ2) is 4.99. The van der Waals surface area contributed by atoms with Gasteiger partial charge in [-0.15, -0.1) is 0 Å². The van der Waals surface area contributed by atoms with Crippen LogP contribution in [0.1, 0.15) is 25.3 Å². The van der Waals surface area contributed by atoms with Gasteiger partial charge in [0.05, 0.1) is 17.1 Å². The molecular weight excluding hydrogens is 252 g/mol. The first-order valence-corrected chi connectivity index (χ1v) is 7.42. The van der Waals surface area contributed by atoms with Gasteiger partial charge in [0.2, 0.25) is 0 Å². The predicted octanol–water partition coefficient (Wildman–Crippen LogP) is 2.27. The van der Waals surface area contributed by atoms with Crippen molar-refractivity contribution in [3.63, 3.8) is 0 Å². The molecule has 0 aromatic heterocycles. The first kappa shape index (κ1) is 13.5. The fourth-order valence-corrected chi connectivity index (χ4v) is 2.94. The zero-order valence-electron chi connectivity index (χ0n) is 10.7. The monoisotopic (exact) mass is 270 g/mol. The minimum atomic E-state index is -3.68. The molecule has 1 atom stereocenters. The molecular formula is C13H18O4S. The minimum absolute atomic E-state index is 0.0726. The molecule has 0 radical (unpaired) electrons. The van der Waals surface area contributed by atoms with Crippen molar-refractivity contribution >= 4 is 10.1 Å². The van der Waals surface area contributed by atoms with Gasteiger partial charge in [-0.05, 0) is 38.8 Å². The van der Waals surface area contributed by atoms with Crippen molar-refractivity contribution in [1.82, 2.24) is 0 Å². The van der Waals surface area contributed by atoms with Crippen LogP contribution in [0.15, 0.2) is 29.2 Å². The highest BCUT2D eigenvalue weighted by Crippen LogP contribution is 2.26. The molecule has 1 aliphatic rings. The third-order valence-electron chi connectivity index (χ3n) is 3.13. The van der Waals surface area contributed by atoms with Crippen LogP contribution in [0, 0.1) is 6.92 Å². The molecule has 2 rings (SSSR count). The Morgan fingerprint density at radius 2 is 2.00 bits per heavy atom. The number of hydrogen-bond acceptors (Lipinski definition) is 4. The van der Waals surface area contributed by atoms with Gasteiger partial charge in [-0.3, -0.25) is 4.18 Å². The van der Waals surface area contributed by atoms with Crippen LogP contribution >= 0.6 is 0 Å². The van der Waals surface area contributed by atoms with E-state index in [1.165, 1.54) is 0 Å². The topological polar surface area (TPSA) is 52.6 Å². The molecule has 1 aliphatic heterocycles. The summed E-state index contributed by atoms with van der Waals surface area (Å²) in [7, 11) is -3.68. The van der Waals surface area contributed by atoms with E-state index in [4.69, 9.17) is 8.92 Å². The highest BCUT2D eigenvalue weighted by Gasteiger charge is 2.32. The molecule has 0 N–H and O–H groups in total. The number of aryl methyl sites for hydroxylation is 1. The summed E-state index contributed by atoms with van der Waals surface area (Å²) in [5.74, 6) is 0. The van der Waals surface area contributed by atoms with Crippen molar-refractivity contribution in [2.75, 3.05) is 13.2 Å². The Morgan fingerprint density at radius 1 is 1.33 bits per heavy atom. The molecule has 0 spiro atoms. The lowest BCUT2D eigenvalue weighted by atomic mass is 10.1. The number of hydrogen-bond donors (Lipinski definition) is 0. The van der Waals surface area contributed by atoms with Crippen LogP contribution in [0.25, 0.3) is 0 Å². The van der Waals surface area contributed by atoms with Crippen LogP contribution in [0.3, 0.4) is 0 Å². The van der Waals surface area contributed by atoms with E-state index in [2.05, 4.69) is 0 Å². The lowest BCUT2D eigenvalue weighted by Crippen LogP contribution is -2.31. The van der Waals surface area contributed by atoms with Crippen molar-refractivity contribution < 1.29 is 17.3 Å². The van der Waals surface area contributed by atoms with Gasteiger partial charge in [-0.25, -0.2) is 0 Å². The van der Waals surface area contributed by atoms with E-state index >= 15 is 0 Å². The average molecular weight is 270 g/mol. The smallest absolute Gasteiger partial charge is 0.297 e. The van der Waals surface area contributed by atoms with Gasteiger partial charge in [0.1, 0.15) is 0 Å². The molecule has 0 aliphatic carbocycles. The van der Waals surface area contributed by atoms with Crippen LogP contribution < -0.4 is 0 Å². The lowest BCUT2D eigenvalue weighted by Gasteiger charge is -2.22. The molecule has 100 valence electrons. The van der Waals surface area contributed by atoms with E-state index in [9.17, 15) is 8.42 Å². The number of benzene rings is 1. The van der Waals surface area contributed by atoms with Crippen molar-refractivity contribution in [2.45, 2.75) is 37.2 Å². The van der Waals surface area contributed by atoms with Crippen LogP contribution in [-0.4, -0.2) is 27.2 Å². The summed E-state index contributed by atoms with van der Waals surface area (Å²) in [6.07, 6.45) is 1.78. The summed E-state index contributed by atoms with van der Waals surface area (Å²) in [4.78, 5) is 0.190. The van der Waals surface area contributed by atoms with Crippen molar-refractivity contribution in [3.05, 3.63) is 29.8 Å². The Morgan fingerprint density at radius 3 is 2.56 bits per heavy atom. The first-order valence-electron chi connectivity index (χ1n) is 6.01. The van der Waals surface area contributed by atoms with Crippen LogP contribution in [0.5, 0.6) is 0 Å². The van der Waals surface area contributed by atoms with Gasteiger partial charge in [0.25, 0.3) is 10.1 Å². The molecule has 5 heteroatoms. The summed E-state index contributed by atoms with van der Waals surface area (Å²) in [5, 5.41) is 0. The molecule has 0 bridgehead atoms. The van der Waals surface area contributed by atoms with E-state index in [0.29, 0.717) is 6.61 Å². The summed E-state index contributed by atoms with van der Waals surface area (Å²) < 4.78 is 34.5. The number of rotatable bonds is 4. The molecule has 1 unspecified atom stereocenters. The van der Waals surface area contributed by atoms with E-state index < -0.39 is 15.7 Å². The first-order chi connectivity index (χ1) is 8.41. The Balaban J connectivity index is 2.05. The molecule has 1 aromatic carbocycles. The minimum Gasteiger partial charge on any atom is -0.373 e. The summed E-state index contributed by atoms with van der Waals surface area (Å²) in [6, 6.07) is 6.62. The van der Waals surface area contributed by atoms with Crippen LogP contribution in [0.4, 0.5) is 0 Å². The number of ether oxygens (including phenoxy) is 1. The molecule has 1 heterocycles. The third kappa shape index (κ3) is 3.10. The van der Waals surface area contributed by atoms with Crippen molar-refractivity contribution in [3.8, 4) is 0 Å². The zero-order valence-corrected chi connectivity index (χ0v) is 11.5. The fraction of sp³-hybridized carbons (Fsp3) is 0.538. The van der Waals surface area contributed by atoms with Crippen LogP contribution in [-0.2, 0) is 19.0 Å². The lowest BCUT2D eigenvalue weighted by molar-refractivity contribution is -0.0142. The Labute approximate surface area is 108 Å². The summed E-state index contributed by atoms with van der Waals surface area (Å²) in [5.41, 5.74) is 0.539. The molecule has 1 saturated heterocycles. The van der Waals surface area contributed by atoms with Gasteiger partial charge in [-0.2, -0.15) is 8.42 Å².